The Hall–Kier alpha value is -4.78. The summed E-state index contributed by atoms with van der Waals surface area (Å²) in [7, 11) is 0. The summed E-state index contributed by atoms with van der Waals surface area (Å²) in [5.74, 6) is -2.25. The number of hydrogen-bond acceptors (Lipinski definition) is 6. The zero-order valence-electron chi connectivity index (χ0n) is 21.8. The first-order chi connectivity index (χ1) is 18.5. The van der Waals surface area contributed by atoms with Gasteiger partial charge in [0.25, 0.3) is 11.8 Å². The first kappa shape index (κ1) is 25.9. The number of nitrogens with two attached hydrogens (primary N) is 1. The first-order valence-electron chi connectivity index (χ1n) is 12.5. The van der Waals surface area contributed by atoms with Gasteiger partial charge >= 0.3 is 5.76 Å². The maximum atomic E-state index is 14.3. The smallest absolute Gasteiger partial charge is 0.408 e. The molecule has 5 rings (SSSR count). The molecule has 4 aromatic rings. The van der Waals surface area contributed by atoms with Crippen molar-refractivity contribution in [3.8, 4) is 17.2 Å². The van der Waals surface area contributed by atoms with Gasteiger partial charge in [0.05, 0.1) is 45.7 Å². The number of rotatable bonds is 6. The largest absolute Gasteiger partial charge is 0.420 e. The van der Waals surface area contributed by atoms with Gasteiger partial charge in [0, 0.05) is 5.56 Å². The number of oxazole rings is 1. The highest BCUT2D eigenvalue weighted by atomic mass is 19.1. The molecule has 0 saturated heterocycles. The van der Waals surface area contributed by atoms with Gasteiger partial charge in [-0.15, -0.1) is 0 Å². The number of pyridine rings is 1. The van der Waals surface area contributed by atoms with Crippen molar-refractivity contribution in [2.75, 3.05) is 0 Å². The molecule has 0 spiro atoms. The van der Waals surface area contributed by atoms with E-state index in [9.17, 15) is 18.8 Å². The molecule has 9 nitrogen and oxygen atoms in total. The number of amides is 2. The molecule has 1 aliphatic heterocycles. The van der Waals surface area contributed by atoms with Crippen molar-refractivity contribution in [2.24, 2.45) is 11.7 Å². The average molecular weight is 528 g/mol. The number of nitriles is 1. The van der Waals surface area contributed by atoms with Crippen LogP contribution in [0.15, 0.2) is 45.6 Å². The Kier molecular flexibility index (Phi) is 6.30. The van der Waals surface area contributed by atoms with Gasteiger partial charge in [-0.05, 0) is 61.6 Å². The lowest BCUT2D eigenvalue weighted by molar-refractivity contribution is 0.0959. The number of aromatic nitrogens is 2. The summed E-state index contributed by atoms with van der Waals surface area (Å²) in [5.41, 5.74) is 9.18. The van der Waals surface area contributed by atoms with E-state index in [0.29, 0.717) is 40.0 Å². The summed E-state index contributed by atoms with van der Waals surface area (Å²) < 4.78 is 21.2. The maximum Gasteiger partial charge on any atom is 0.420 e. The number of hydrogen-bond donors (Lipinski definition) is 2. The van der Waals surface area contributed by atoms with Crippen molar-refractivity contribution in [3.05, 3.63) is 86.4 Å². The molecule has 3 N–H and O–H groups in total. The molecular formula is C29H26FN5O4. The van der Waals surface area contributed by atoms with E-state index in [0.717, 1.165) is 0 Å². The van der Waals surface area contributed by atoms with Gasteiger partial charge in [0.2, 0.25) is 0 Å². The molecule has 2 atom stereocenters. The SMILES string of the molecule is CC(C)Cc1nc2c(c(-c3ccc4c(c3)oc(=O)n4C(C)c3ccc(C#N)c(F)c3)c1C(N)=O)C(=O)NC2C. The number of benzene rings is 2. The molecule has 198 valence electrons. The number of fused-ring (bicyclic) bond motifs is 2. The van der Waals surface area contributed by atoms with Gasteiger partial charge in [-0.25, -0.2) is 9.18 Å². The number of nitrogens with one attached hydrogen (secondary N) is 1. The van der Waals surface area contributed by atoms with Gasteiger partial charge in [0.1, 0.15) is 11.9 Å². The van der Waals surface area contributed by atoms with Crippen molar-refractivity contribution in [3.63, 3.8) is 0 Å². The highest BCUT2D eigenvalue weighted by molar-refractivity contribution is 6.11. The van der Waals surface area contributed by atoms with E-state index in [1.165, 1.54) is 16.7 Å². The van der Waals surface area contributed by atoms with Crippen LogP contribution in [0.5, 0.6) is 0 Å². The molecule has 10 heteroatoms. The first-order valence-corrected chi connectivity index (χ1v) is 12.5. The molecule has 2 aromatic carbocycles. The Morgan fingerprint density at radius 2 is 1.95 bits per heavy atom. The minimum absolute atomic E-state index is 0.0923. The number of carbonyl (C=O) groups is 2. The molecule has 0 bridgehead atoms. The zero-order valence-corrected chi connectivity index (χ0v) is 21.8. The van der Waals surface area contributed by atoms with E-state index in [1.54, 1.807) is 37.3 Å². The molecule has 3 heterocycles. The highest BCUT2D eigenvalue weighted by Crippen LogP contribution is 2.38. The second kappa shape index (κ2) is 9.51. The summed E-state index contributed by atoms with van der Waals surface area (Å²) >= 11 is 0. The van der Waals surface area contributed by atoms with Crippen molar-refractivity contribution in [2.45, 2.75) is 46.2 Å². The van der Waals surface area contributed by atoms with Gasteiger partial charge < -0.3 is 15.5 Å². The summed E-state index contributed by atoms with van der Waals surface area (Å²) in [6, 6.07) is 9.93. The van der Waals surface area contributed by atoms with Crippen molar-refractivity contribution < 1.29 is 18.4 Å². The second-order valence-corrected chi connectivity index (χ2v) is 10.2. The Morgan fingerprint density at radius 1 is 1.21 bits per heavy atom. The van der Waals surface area contributed by atoms with E-state index in [4.69, 9.17) is 15.4 Å². The minimum Gasteiger partial charge on any atom is -0.408 e. The summed E-state index contributed by atoms with van der Waals surface area (Å²) in [6.07, 6.45) is 0.478. The quantitative estimate of drug-likeness (QED) is 0.381. The zero-order chi connectivity index (χ0) is 28.2. The van der Waals surface area contributed by atoms with Gasteiger partial charge in [0.15, 0.2) is 5.58 Å². The number of carbonyl (C=O) groups excluding carboxylic acids is 2. The standard InChI is InChI=1S/C29H26FN5O4/c1-13(2)9-20-24(27(32)36)23(25-26(34-20)14(3)33-28(25)37)17-7-8-21-22(11-17)39-29(38)35(21)15(4)16-5-6-18(12-31)19(30)10-16/h5-8,10-11,13-15H,9H2,1-4H3,(H2,32,36)(H,33,37). The molecule has 0 saturated carbocycles. The van der Waals surface area contributed by atoms with Gasteiger partial charge in [-0.2, -0.15) is 5.26 Å². The molecule has 2 aromatic heterocycles. The lowest BCUT2D eigenvalue weighted by atomic mass is 9.89. The minimum atomic E-state index is -0.709. The van der Waals surface area contributed by atoms with Crippen LogP contribution in [-0.2, 0) is 6.42 Å². The highest BCUT2D eigenvalue weighted by Gasteiger charge is 2.35. The van der Waals surface area contributed by atoms with Crippen LogP contribution in [0.1, 0.15) is 83.0 Å². The maximum absolute atomic E-state index is 14.3. The molecule has 39 heavy (non-hydrogen) atoms. The van der Waals surface area contributed by atoms with E-state index in [1.807, 2.05) is 20.8 Å². The van der Waals surface area contributed by atoms with Gasteiger partial charge in [-0.3, -0.25) is 19.1 Å². The van der Waals surface area contributed by atoms with Crippen LogP contribution in [0.2, 0.25) is 0 Å². The van der Waals surface area contributed by atoms with Crippen LogP contribution < -0.4 is 16.8 Å². The van der Waals surface area contributed by atoms with Crippen molar-refractivity contribution in [1.29, 1.82) is 5.26 Å². The Balaban J connectivity index is 1.71. The molecule has 0 radical (unpaired) electrons. The summed E-state index contributed by atoms with van der Waals surface area (Å²) in [5, 5.41) is 11.9. The molecule has 1 aliphatic rings. The van der Waals surface area contributed by atoms with Crippen LogP contribution in [-0.4, -0.2) is 21.4 Å². The summed E-state index contributed by atoms with van der Waals surface area (Å²) in [4.78, 5) is 43.4. The van der Waals surface area contributed by atoms with Crippen LogP contribution in [0.25, 0.3) is 22.2 Å². The third kappa shape index (κ3) is 4.26. The molecule has 2 amide bonds. The van der Waals surface area contributed by atoms with E-state index >= 15 is 0 Å². The fourth-order valence-electron chi connectivity index (χ4n) is 5.21. The monoisotopic (exact) mass is 527 g/mol. The number of primary amides is 1. The van der Waals surface area contributed by atoms with Crippen molar-refractivity contribution >= 4 is 22.9 Å². The third-order valence-corrected chi connectivity index (χ3v) is 7.02. The fourth-order valence-corrected chi connectivity index (χ4v) is 5.21. The number of nitrogens with zero attached hydrogens (tertiary/aromatic N) is 3. The van der Waals surface area contributed by atoms with Gasteiger partial charge in [-0.1, -0.05) is 26.0 Å². The lowest BCUT2D eigenvalue weighted by Gasteiger charge is -2.18. The molecule has 0 fully saturated rings. The molecule has 0 aliphatic carbocycles. The lowest BCUT2D eigenvalue weighted by Crippen LogP contribution is -2.20. The Labute approximate surface area is 223 Å². The average Bonchev–Trinajstić information content (AvgIpc) is 3.35. The predicted molar refractivity (Wildman–Crippen MR) is 142 cm³/mol. The van der Waals surface area contributed by atoms with Crippen molar-refractivity contribution in [1.82, 2.24) is 14.9 Å². The van der Waals surface area contributed by atoms with Crippen LogP contribution in [0.3, 0.4) is 0 Å². The second-order valence-electron chi connectivity index (χ2n) is 10.2. The van der Waals surface area contributed by atoms with E-state index in [2.05, 4.69) is 10.3 Å². The third-order valence-electron chi connectivity index (χ3n) is 7.02. The van der Waals surface area contributed by atoms with E-state index < -0.39 is 23.5 Å². The Bertz CT molecular complexity index is 1780. The topological polar surface area (TPSA) is 144 Å². The van der Waals surface area contributed by atoms with Crippen LogP contribution in [0.4, 0.5) is 4.39 Å². The molecule has 2 unspecified atom stereocenters. The summed E-state index contributed by atoms with van der Waals surface area (Å²) in [6.45, 7) is 7.53. The molecular weight excluding hydrogens is 501 g/mol. The van der Waals surface area contributed by atoms with E-state index in [-0.39, 0.29) is 40.1 Å². The normalized spacial score (nSPS) is 15.3. The van der Waals surface area contributed by atoms with Crippen LogP contribution >= 0.6 is 0 Å². The van der Waals surface area contributed by atoms with Crippen LogP contribution in [0, 0.1) is 23.1 Å². The fraction of sp³-hybridized carbons (Fsp3) is 0.276. The number of halogens is 1. The predicted octanol–water partition coefficient (Wildman–Crippen LogP) is 4.38. The Morgan fingerprint density at radius 3 is 2.59 bits per heavy atom.